The van der Waals surface area contributed by atoms with E-state index < -0.39 is 5.97 Å². The fourth-order valence-corrected chi connectivity index (χ4v) is 3.21. The molecule has 0 amide bonds. The van der Waals surface area contributed by atoms with Crippen LogP contribution in [0.15, 0.2) is 59.2 Å². The third kappa shape index (κ3) is 3.47. The molecule has 2 aromatic heterocycles. The van der Waals surface area contributed by atoms with Gasteiger partial charge < -0.3 is 13.7 Å². The maximum atomic E-state index is 12.5. The number of benzene rings is 1. The average molecular weight is 351 g/mol. The smallest absolute Gasteiger partial charge is 0.374 e. The number of carbonyl (C=O) groups is 2. The highest BCUT2D eigenvalue weighted by atomic mass is 16.5. The van der Waals surface area contributed by atoms with Crippen LogP contribution < -0.4 is 0 Å². The van der Waals surface area contributed by atoms with Gasteiger partial charge >= 0.3 is 5.97 Å². The van der Waals surface area contributed by atoms with Gasteiger partial charge in [0.05, 0.1) is 12.3 Å². The number of ether oxygens (including phenoxy) is 1. The Morgan fingerprint density at radius 1 is 1.12 bits per heavy atom. The van der Waals surface area contributed by atoms with Crippen LogP contribution in [0.3, 0.4) is 0 Å². The molecule has 0 saturated heterocycles. The topological polar surface area (TPSA) is 61.4 Å². The van der Waals surface area contributed by atoms with E-state index in [1.165, 1.54) is 12.3 Å². The van der Waals surface area contributed by atoms with E-state index in [1.54, 1.807) is 6.07 Å². The number of aromatic nitrogens is 1. The van der Waals surface area contributed by atoms with Crippen LogP contribution in [0.25, 0.3) is 0 Å². The van der Waals surface area contributed by atoms with E-state index in [0.29, 0.717) is 5.56 Å². The van der Waals surface area contributed by atoms with E-state index >= 15 is 0 Å². The molecule has 0 aliphatic rings. The van der Waals surface area contributed by atoms with Crippen molar-refractivity contribution in [3.05, 3.63) is 83.1 Å². The molecule has 26 heavy (non-hydrogen) atoms. The largest absolute Gasteiger partial charge is 0.457 e. The van der Waals surface area contributed by atoms with Crippen molar-refractivity contribution in [2.45, 2.75) is 26.8 Å². The highest BCUT2D eigenvalue weighted by Crippen LogP contribution is 2.25. The Hall–Kier alpha value is -3.08. The third-order valence-corrected chi connectivity index (χ3v) is 4.51. The summed E-state index contributed by atoms with van der Waals surface area (Å²) in [6.07, 6.45) is 1.39. The Labute approximate surface area is 152 Å². The minimum atomic E-state index is -0.644. The first kappa shape index (κ1) is 17.7. The molecule has 3 aromatic rings. The van der Waals surface area contributed by atoms with Crippen molar-refractivity contribution >= 4 is 11.8 Å². The Bertz CT molecular complexity index is 907. The standard InChI is InChI=1S/C21H21NO4/c1-14-12-18(19(23)13-26-21(24)20-10-7-11-25-20)16(3)22(14)15(2)17-8-5-4-6-9-17/h4-12,15H,13H2,1-3H3/t15-/m1/s1. The lowest BCUT2D eigenvalue weighted by molar-refractivity contribution is 0.0444. The molecule has 0 radical (unpaired) electrons. The second kappa shape index (κ2) is 7.44. The molecule has 0 aliphatic carbocycles. The number of hydrogen-bond donors (Lipinski definition) is 0. The molecular formula is C21H21NO4. The second-order valence-electron chi connectivity index (χ2n) is 6.22. The highest BCUT2D eigenvalue weighted by molar-refractivity contribution is 6.00. The molecule has 0 aliphatic heterocycles. The van der Waals surface area contributed by atoms with Crippen molar-refractivity contribution < 1.29 is 18.7 Å². The van der Waals surface area contributed by atoms with Crippen molar-refractivity contribution in [2.75, 3.05) is 6.61 Å². The maximum Gasteiger partial charge on any atom is 0.374 e. The number of hydrogen-bond acceptors (Lipinski definition) is 4. The predicted molar refractivity (Wildman–Crippen MR) is 97.5 cm³/mol. The maximum absolute atomic E-state index is 12.5. The van der Waals surface area contributed by atoms with Crippen LogP contribution in [-0.2, 0) is 4.74 Å². The molecule has 0 N–H and O–H groups in total. The van der Waals surface area contributed by atoms with Gasteiger partial charge in [0.15, 0.2) is 6.61 Å². The summed E-state index contributed by atoms with van der Waals surface area (Å²) in [6, 6.07) is 15.2. The lowest BCUT2D eigenvalue weighted by Gasteiger charge is -2.19. The summed E-state index contributed by atoms with van der Waals surface area (Å²) >= 11 is 0. The van der Waals surface area contributed by atoms with E-state index in [2.05, 4.69) is 23.6 Å². The number of rotatable bonds is 6. The van der Waals surface area contributed by atoms with Gasteiger partial charge in [-0.15, -0.1) is 0 Å². The minimum absolute atomic E-state index is 0.0842. The SMILES string of the molecule is Cc1cc(C(=O)COC(=O)c2ccco2)c(C)n1[C@H](C)c1ccccc1. The van der Waals surface area contributed by atoms with Gasteiger partial charge in [0, 0.05) is 17.0 Å². The van der Waals surface area contributed by atoms with Crippen LogP contribution in [-0.4, -0.2) is 22.9 Å². The van der Waals surface area contributed by atoms with E-state index in [0.717, 1.165) is 17.0 Å². The number of nitrogens with zero attached hydrogens (tertiary/aromatic N) is 1. The molecule has 3 rings (SSSR count). The van der Waals surface area contributed by atoms with Gasteiger partial charge in [0.1, 0.15) is 0 Å². The summed E-state index contributed by atoms with van der Waals surface area (Å²) in [7, 11) is 0. The van der Waals surface area contributed by atoms with Crippen LogP contribution in [0, 0.1) is 13.8 Å². The van der Waals surface area contributed by atoms with Crippen LogP contribution >= 0.6 is 0 Å². The van der Waals surface area contributed by atoms with Crippen molar-refractivity contribution in [3.63, 3.8) is 0 Å². The molecular weight excluding hydrogens is 330 g/mol. The first-order chi connectivity index (χ1) is 12.5. The van der Waals surface area contributed by atoms with E-state index in [9.17, 15) is 9.59 Å². The fraction of sp³-hybridized carbons (Fsp3) is 0.238. The Morgan fingerprint density at radius 3 is 2.50 bits per heavy atom. The van der Waals surface area contributed by atoms with Gasteiger partial charge in [-0.3, -0.25) is 4.79 Å². The van der Waals surface area contributed by atoms with Crippen LogP contribution in [0.2, 0.25) is 0 Å². The van der Waals surface area contributed by atoms with E-state index in [1.807, 2.05) is 38.1 Å². The molecule has 5 nitrogen and oxygen atoms in total. The van der Waals surface area contributed by atoms with Gasteiger partial charge in [-0.05, 0) is 44.5 Å². The predicted octanol–water partition coefficient (Wildman–Crippen LogP) is 4.35. The van der Waals surface area contributed by atoms with Crippen molar-refractivity contribution in [3.8, 4) is 0 Å². The van der Waals surface area contributed by atoms with Gasteiger partial charge in [0.2, 0.25) is 11.5 Å². The zero-order valence-electron chi connectivity index (χ0n) is 15.1. The molecule has 0 saturated carbocycles. The zero-order valence-corrected chi connectivity index (χ0v) is 15.1. The monoisotopic (exact) mass is 351 g/mol. The van der Waals surface area contributed by atoms with Gasteiger partial charge in [-0.1, -0.05) is 30.3 Å². The molecule has 2 heterocycles. The summed E-state index contributed by atoms with van der Waals surface area (Å²) < 4.78 is 12.2. The summed E-state index contributed by atoms with van der Waals surface area (Å²) in [5.41, 5.74) is 3.58. The summed E-state index contributed by atoms with van der Waals surface area (Å²) in [5.74, 6) is -0.791. The van der Waals surface area contributed by atoms with Crippen molar-refractivity contribution in [1.29, 1.82) is 0 Å². The molecule has 0 spiro atoms. The first-order valence-corrected chi connectivity index (χ1v) is 8.46. The van der Waals surface area contributed by atoms with Crippen LogP contribution in [0.4, 0.5) is 0 Å². The molecule has 134 valence electrons. The number of esters is 1. The second-order valence-corrected chi connectivity index (χ2v) is 6.22. The molecule has 0 unspecified atom stereocenters. The number of carbonyl (C=O) groups excluding carboxylic acids is 2. The molecule has 0 bridgehead atoms. The Balaban J connectivity index is 1.77. The van der Waals surface area contributed by atoms with Crippen LogP contribution in [0.1, 0.15) is 50.8 Å². The lowest BCUT2D eigenvalue weighted by atomic mass is 10.1. The lowest BCUT2D eigenvalue weighted by Crippen LogP contribution is -2.15. The summed E-state index contributed by atoms with van der Waals surface area (Å²) in [6.45, 7) is 5.66. The van der Waals surface area contributed by atoms with E-state index in [4.69, 9.17) is 9.15 Å². The highest BCUT2D eigenvalue weighted by Gasteiger charge is 2.21. The molecule has 5 heteroatoms. The molecule has 0 fully saturated rings. The number of furan rings is 1. The van der Waals surface area contributed by atoms with Crippen LogP contribution in [0.5, 0.6) is 0 Å². The van der Waals surface area contributed by atoms with Crippen molar-refractivity contribution in [1.82, 2.24) is 4.57 Å². The van der Waals surface area contributed by atoms with Gasteiger partial charge in [-0.25, -0.2) is 4.79 Å². The quantitative estimate of drug-likeness (QED) is 0.489. The average Bonchev–Trinajstić information content (AvgIpc) is 3.28. The van der Waals surface area contributed by atoms with Gasteiger partial charge in [-0.2, -0.15) is 0 Å². The number of Topliss-reactive ketones (excluding diaryl/α,β-unsaturated/α-hetero) is 1. The normalized spacial score (nSPS) is 12.0. The Kier molecular flexibility index (Phi) is 5.07. The van der Waals surface area contributed by atoms with E-state index in [-0.39, 0.29) is 24.2 Å². The van der Waals surface area contributed by atoms with Gasteiger partial charge in [0.25, 0.3) is 0 Å². The number of ketones is 1. The summed E-state index contributed by atoms with van der Waals surface area (Å²) in [4.78, 5) is 24.4. The Morgan fingerprint density at radius 2 is 1.85 bits per heavy atom. The minimum Gasteiger partial charge on any atom is -0.457 e. The first-order valence-electron chi connectivity index (χ1n) is 8.46. The van der Waals surface area contributed by atoms with Crippen molar-refractivity contribution in [2.24, 2.45) is 0 Å². The summed E-state index contributed by atoms with van der Waals surface area (Å²) in [5, 5.41) is 0. The molecule has 1 atom stereocenters. The fourth-order valence-electron chi connectivity index (χ4n) is 3.21. The number of aryl methyl sites for hydroxylation is 1. The third-order valence-electron chi connectivity index (χ3n) is 4.51. The zero-order chi connectivity index (χ0) is 18.7. The molecule has 1 aromatic carbocycles.